The highest BCUT2D eigenvalue weighted by Crippen LogP contribution is 2.28. The summed E-state index contributed by atoms with van der Waals surface area (Å²) in [6, 6.07) is 17.1. The Morgan fingerprint density at radius 3 is 2.45 bits per heavy atom. The van der Waals surface area contributed by atoms with Gasteiger partial charge in [-0.25, -0.2) is 4.79 Å². The van der Waals surface area contributed by atoms with Crippen molar-refractivity contribution in [1.82, 2.24) is 0 Å². The molecule has 1 heterocycles. The summed E-state index contributed by atoms with van der Waals surface area (Å²) < 4.78 is 5.21. The van der Waals surface area contributed by atoms with Gasteiger partial charge >= 0.3 is 5.97 Å². The van der Waals surface area contributed by atoms with Crippen molar-refractivity contribution < 1.29 is 24.0 Å². The average Bonchev–Trinajstić information content (AvgIpc) is 3.26. The molecule has 0 aliphatic carbocycles. The molecule has 0 unspecified atom stereocenters. The second kappa shape index (κ2) is 9.22. The van der Waals surface area contributed by atoms with Gasteiger partial charge in [-0.05, 0) is 36.2 Å². The average molecular weight is 465 g/mol. The molecule has 166 valence electrons. The molecule has 0 N–H and O–H groups in total. The minimum atomic E-state index is -0.844. The maximum atomic E-state index is 13.0. The number of hydrogen-bond acceptors (Lipinski definition) is 6. The van der Waals surface area contributed by atoms with E-state index in [1.807, 2.05) is 24.3 Å². The fourth-order valence-corrected chi connectivity index (χ4v) is 3.88. The van der Waals surface area contributed by atoms with Crippen LogP contribution in [0.2, 0.25) is 5.02 Å². The Morgan fingerprint density at radius 1 is 1.00 bits per heavy atom. The number of ether oxygens (including phenoxy) is 1. The van der Waals surface area contributed by atoms with Crippen molar-refractivity contribution in [3.05, 3.63) is 104 Å². The predicted molar refractivity (Wildman–Crippen MR) is 121 cm³/mol. The number of hydrogen-bond donors (Lipinski definition) is 0. The molecule has 0 saturated heterocycles. The number of carbonyl (C=O) groups excluding carboxylic acids is 3. The van der Waals surface area contributed by atoms with Crippen LogP contribution in [-0.4, -0.2) is 35.7 Å². The van der Waals surface area contributed by atoms with E-state index in [0.717, 1.165) is 23.7 Å². The summed E-state index contributed by atoms with van der Waals surface area (Å²) in [5.74, 6) is -1.82. The van der Waals surface area contributed by atoms with Gasteiger partial charge in [0.2, 0.25) is 0 Å². The van der Waals surface area contributed by atoms with E-state index in [-0.39, 0.29) is 27.6 Å². The number of nitro benzene ring substituents is 1. The van der Waals surface area contributed by atoms with E-state index in [4.69, 9.17) is 16.3 Å². The number of anilines is 1. The third kappa shape index (κ3) is 4.47. The van der Waals surface area contributed by atoms with Gasteiger partial charge in [0.05, 0.1) is 10.5 Å². The van der Waals surface area contributed by atoms with Gasteiger partial charge in [-0.3, -0.25) is 19.7 Å². The third-order valence-corrected chi connectivity index (χ3v) is 5.63. The summed E-state index contributed by atoms with van der Waals surface area (Å²) in [6.07, 6.45) is 0.723. The Hall–Kier alpha value is -4.04. The highest BCUT2D eigenvalue weighted by atomic mass is 35.5. The quantitative estimate of drug-likeness (QED) is 0.234. The number of carbonyl (C=O) groups is 3. The largest absolute Gasteiger partial charge is 0.452 e. The lowest BCUT2D eigenvalue weighted by Gasteiger charge is -2.17. The van der Waals surface area contributed by atoms with Crippen LogP contribution in [-0.2, 0) is 16.0 Å². The lowest BCUT2D eigenvalue weighted by Crippen LogP contribution is -2.33. The van der Waals surface area contributed by atoms with Gasteiger partial charge in [-0.1, -0.05) is 48.0 Å². The number of esters is 1. The van der Waals surface area contributed by atoms with Gasteiger partial charge in [0.25, 0.3) is 11.6 Å². The van der Waals surface area contributed by atoms with E-state index in [1.54, 1.807) is 17.0 Å². The van der Waals surface area contributed by atoms with Gasteiger partial charge in [-0.15, -0.1) is 0 Å². The summed E-state index contributed by atoms with van der Waals surface area (Å²) >= 11 is 5.82. The zero-order chi connectivity index (χ0) is 23.5. The second-order valence-electron chi connectivity index (χ2n) is 7.30. The van der Waals surface area contributed by atoms with E-state index in [2.05, 4.69) is 0 Å². The van der Waals surface area contributed by atoms with Crippen LogP contribution >= 0.6 is 11.6 Å². The van der Waals surface area contributed by atoms with Crippen LogP contribution in [0.3, 0.4) is 0 Å². The monoisotopic (exact) mass is 464 g/mol. The highest BCUT2D eigenvalue weighted by molar-refractivity contribution is 6.33. The topological polar surface area (TPSA) is 107 Å². The number of halogens is 1. The first-order valence-corrected chi connectivity index (χ1v) is 10.4. The van der Waals surface area contributed by atoms with Crippen molar-refractivity contribution in [3.8, 4) is 0 Å². The number of ketones is 1. The van der Waals surface area contributed by atoms with Crippen LogP contribution in [0.15, 0.2) is 66.7 Å². The predicted octanol–water partition coefficient (Wildman–Crippen LogP) is 4.23. The number of benzene rings is 3. The van der Waals surface area contributed by atoms with Crippen molar-refractivity contribution in [2.45, 2.75) is 6.42 Å². The van der Waals surface area contributed by atoms with Crippen LogP contribution in [0.1, 0.15) is 31.8 Å². The zero-order valence-corrected chi connectivity index (χ0v) is 17.9. The number of nitrogens with zero attached hydrogens (tertiary/aromatic N) is 2. The molecule has 0 atom stereocenters. The smallest absolute Gasteiger partial charge is 0.339 e. The molecule has 33 heavy (non-hydrogen) atoms. The molecule has 1 aliphatic heterocycles. The lowest BCUT2D eigenvalue weighted by atomic mass is 9.98. The van der Waals surface area contributed by atoms with Crippen LogP contribution in [0.5, 0.6) is 0 Å². The minimum absolute atomic E-state index is 0.00177. The highest BCUT2D eigenvalue weighted by Gasteiger charge is 2.26. The first kappa shape index (κ1) is 22.2. The van der Waals surface area contributed by atoms with Crippen molar-refractivity contribution in [3.63, 3.8) is 0 Å². The molecule has 0 spiro atoms. The number of amides is 1. The Morgan fingerprint density at radius 2 is 1.70 bits per heavy atom. The molecule has 0 aromatic heterocycles. The fraction of sp³-hybridized carbons (Fsp3) is 0.125. The second-order valence-corrected chi connectivity index (χ2v) is 7.71. The molecule has 0 fully saturated rings. The number of fused-ring (bicyclic) bond motifs is 1. The molecule has 3 aromatic carbocycles. The van der Waals surface area contributed by atoms with E-state index in [1.165, 1.54) is 24.3 Å². The first-order chi connectivity index (χ1) is 15.9. The van der Waals surface area contributed by atoms with Crippen LogP contribution in [0.4, 0.5) is 11.4 Å². The standard InChI is InChI=1S/C24H17ClN2O6/c25-19-10-9-16(13-21(19)27(31)32)23(29)17-6-2-3-7-18(17)24(30)33-14-22(28)26-12-11-15-5-1-4-8-20(15)26/h1-10,13H,11-12,14H2. The van der Waals surface area contributed by atoms with E-state index in [9.17, 15) is 24.5 Å². The number of para-hydroxylation sites is 1. The van der Waals surface area contributed by atoms with Crippen molar-refractivity contribution in [1.29, 1.82) is 0 Å². The van der Waals surface area contributed by atoms with Crippen molar-refractivity contribution in [2.75, 3.05) is 18.1 Å². The summed E-state index contributed by atoms with van der Waals surface area (Å²) in [7, 11) is 0. The van der Waals surface area contributed by atoms with Gasteiger partial charge in [0.1, 0.15) is 5.02 Å². The number of nitro groups is 1. The maximum Gasteiger partial charge on any atom is 0.339 e. The Bertz CT molecular complexity index is 1290. The van der Waals surface area contributed by atoms with Crippen LogP contribution in [0, 0.1) is 10.1 Å². The molecular weight excluding hydrogens is 448 g/mol. The molecule has 8 nitrogen and oxygen atoms in total. The molecule has 3 aromatic rings. The summed E-state index contributed by atoms with van der Waals surface area (Å²) in [4.78, 5) is 50.3. The van der Waals surface area contributed by atoms with E-state index >= 15 is 0 Å². The fourth-order valence-electron chi connectivity index (χ4n) is 3.69. The van der Waals surface area contributed by atoms with Crippen molar-refractivity contribution >= 4 is 40.6 Å². The molecule has 0 saturated carbocycles. The molecular formula is C24H17ClN2O6. The van der Waals surface area contributed by atoms with E-state index < -0.39 is 29.0 Å². The minimum Gasteiger partial charge on any atom is -0.452 e. The summed E-state index contributed by atoms with van der Waals surface area (Å²) in [5, 5.41) is 11.0. The summed E-state index contributed by atoms with van der Waals surface area (Å²) in [5.41, 5.74) is 1.37. The molecule has 0 bridgehead atoms. The first-order valence-electron chi connectivity index (χ1n) is 10.00. The van der Waals surface area contributed by atoms with Gasteiger partial charge in [0.15, 0.2) is 12.4 Å². The normalized spacial score (nSPS) is 12.2. The number of rotatable bonds is 6. The van der Waals surface area contributed by atoms with Crippen LogP contribution < -0.4 is 4.90 Å². The van der Waals surface area contributed by atoms with Crippen LogP contribution in [0.25, 0.3) is 0 Å². The zero-order valence-electron chi connectivity index (χ0n) is 17.2. The SMILES string of the molecule is O=C(OCC(=O)N1CCc2ccccc21)c1ccccc1C(=O)c1ccc(Cl)c([N+](=O)[O-])c1. The summed E-state index contributed by atoms with van der Waals surface area (Å²) in [6.45, 7) is 0.0161. The molecule has 1 amide bonds. The molecule has 0 radical (unpaired) electrons. The van der Waals surface area contributed by atoms with E-state index in [0.29, 0.717) is 6.54 Å². The van der Waals surface area contributed by atoms with Gasteiger partial charge in [-0.2, -0.15) is 0 Å². The molecule has 1 aliphatic rings. The Balaban J connectivity index is 1.51. The Labute approximate surface area is 193 Å². The molecule has 4 rings (SSSR count). The third-order valence-electron chi connectivity index (χ3n) is 5.31. The van der Waals surface area contributed by atoms with Crippen molar-refractivity contribution in [2.24, 2.45) is 0 Å². The van der Waals surface area contributed by atoms with Gasteiger partial charge < -0.3 is 9.64 Å². The van der Waals surface area contributed by atoms with Gasteiger partial charge in [0, 0.05) is 29.4 Å². The lowest BCUT2D eigenvalue weighted by molar-refractivity contribution is -0.384. The maximum absolute atomic E-state index is 13.0. The Kier molecular flexibility index (Phi) is 6.19. The molecule has 9 heteroatoms.